The Morgan fingerprint density at radius 3 is 2.67 bits per heavy atom. The molecule has 0 fully saturated rings. The lowest BCUT2D eigenvalue weighted by Gasteiger charge is -2.16. The van der Waals surface area contributed by atoms with Gasteiger partial charge in [0.25, 0.3) is 0 Å². The first-order valence-electron chi connectivity index (χ1n) is 5.64. The molecule has 18 heavy (non-hydrogen) atoms. The Morgan fingerprint density at radius 1 is 1.28 bits per heavy atom. The van der Waals surface area contributed by atoms with E-state index in [2.05, 4.69) is 4.98 Å². The maximum absolute atomic E-state index is 13.9. The van der Waals surface area contributed by atoms with Crippen LogP contribution in [0.5, 0.6) is 5.75 Å². The van der Waals surface area contributed by atoms with Crippen LogP contribution in [0, 0.1) is 12.7 Å². The van der Waals surface area contributed by atoms with Crippen LogP contribution >= 0.6 is 0 Å². The third-order valence-electron chi connectivity index (χ3n) is 2.84. The second-order valence-corrected chi connectivity index (χ2v) is 4.07. The van der Waals surface area contributed by atoms with E-state index in [0.29, 0.717) is 11.3 Å². The Morgan fingerprint density at radius 2 is 2.06 bits per heavy atom. The molecule has 0 amide bonds. The Balaban J connectivity index is 2.45. The van der Waals surface area contributed by atoms with E-state index in [-0.39, 0.29) is 5.82 Å². The molecule has 0 saturated heterocycles. The van der Waals surface area contributed by atoms with Gasteiger partial charge in [0.2, 0.25) is 0 Å². The first-order chi connectivity index (χ1) is 8.63. The minimum absolute atomic E-state index is 0.352. The Hall–Kier alpha value is -1.94. The van der Waals surface area contributed by atoms with Gasteiger partial charge in [-0.05, 0) is 30.7 Å². The Labute approximate surface area is 105 Å². The molecule has 1 heterocycles. The largest absolute Gasteiger partial charge is 0.496 e. The predicted molar refractivity (Wildman–Crippen MR) is 68.0 cm³/mol. The van der Waals surface area contributed by atoms with Crippen LogP contribution in [0.4, 0.5) is 4.39 Å². The van der Waals surface area contributed by atoms with E-state index in [1.165, 1.54) is 13.2 Å². The zero-order valence-electron chi connectivity index (χ0n) is 10.4. The van der Waals surface area contributed by atoms with Gasteiger partial charge in [-0.15, -0.1) is 0 Å². The molecule has 1 aromatic heterocycles. The van der Waals surface area contributed by atoms with Gasteiger partial charge in [-0.3, -0.25) is 4.98 Å². The van der Waals surface area contributed by atoms with Crippen molar-refractivity contribution in [2.75, 3.05) is 7.11 Å². The molecule has 1 unspecified atom stereocenters. The summed E-state index contributed by atoms with van der Waals surface area (Å²) in [5, 5.41) is 0. The van der Waals surface area contributed by atoms with Crippen LogP contribution in [0.25, 0.3) is 0 Å². The number of hydrogen-bond donors (Lipinski definition) is 1. The molecule has 2 aromatic rings. The van der Waals surface area contributed by atoms with Crippen molar-refractivity contribution >= 4 is 0 Å². The highest BCUT2D eigenvalue weighted by Gasteiger charge is 2.18. The van der Waals surface area contributed by atoms with Crippen molar-refractivity contribution in [1.82, 2.24) is 4.98 Å². The summed E-state index contributed by atoms with van der Waals surface area (Å²) in [6.07, 6.45) is 1.66. The van der Waals surface area contributed by atoms with E-state index in [1.807, 2.05) is 19.1 Å². The molecule has 94 valence electrons. The number of rotatable bonds is 3. The van der Waals surface area contributed by atoms with Gasteiger partial charge in [-0.2, -0.15) is 0 Å². The molecule has 0 aliphatic carbocycles. The van der Waals surface area contributed by atoms with Crippen molar-refractivity contribution in [2.45, 2.75) is 13.0 Å². The van der Waals surface area contributed by atoms with Gasteiger partial charge in [0.1, 0.15) is 11.6 Å². The number of nitrogens with two attached hydrogens (primary N) is 1. The van der Waals surface area contributed by atoms with E-state index >= 15 is 0 Å². The fraction of sp³-hybridized carbons (Fsp3) is 0.214. The lowest BCUT2D eigenvalue weighted by Crippen LogP contribution is -2.15. The first-order valence-corrected chi connectivity index (χ1v) is 5.64. The fourth-order valence-electron chi connectivity index (χ4n) is 1.83. The quantitative estimate of drug-likeness (QED) is 0.905. The summed E-state index contributed by atoms with van der Waals surface area (Å²) in [7, 11) is 1.50. The number of nitrogens with zero attached hydrogens (tertiary/aromatic N) is 1. The Kier molecular flexibility index (Phi) is 3.58. The van der Waals surface area contributed by atoms with Gasteiger partial charge in [0.05, 0.1) is 18.7 Å². The number of methoxy groups -OCH3 is 1. The van der Waals surface area contributed by atoms with Gasteiger partial charge in [-0.1, -0.05) is 12.1 Å². The monoisotopic (exact) mass is 246 g/mol. The standard InChI is InChI=1S/C14H15FN2O/c1-9-6-7-10(8-17-9)14(16)13-11(15)4-3-5-12(13)18-2/h3-8,14H,16H2,1-2H3. The molecule has 3 nitrogen and oxygen atoms in total. The number of pyridine rings is 1. The van der Waals surface area contributed by atoms with Gasteiger partial charge in [0, 0.05) is 11.9 Å². The lowest BCUT2D eigenvalue weighted by atomic mass is 9.99. The van der Waals surface area contributed by atoms with Crippen LogP contribution in [0.15, 0.2) is 36.5 Å². The second-order valence-electron chi connectivity index (χ2n) is 4.07. The van der Waals surface area contributed by atoms with Crippen LogP contribution in [-0.4, -0.2) is 12.1 Å². The Bertz CT molecular complexity index is 540. The SMILES string of the molecule is COc1cccc(F)c1C(N)c1ccc(C)nc1. The van der Waals surface area contributed by atoms with E-state index in [1.54, 1.807) is 18.3 Å². The number of halogens is 1. The van der Waals surface area contributed by atoms with Gasteiger partial charge in [-0.25, -0.2) is 4.39 Å². The summed E-state index contributed by atoms with van der Waals surface area (Å²) in [6.45, 7) is 1.89. The number of aryl methyl sites for hydroxylation is 1. The molecule has 0 radical (unpaired) electrons. The molecular formula is C14H15FN2O. The zero-order chi connectivity index (χ0) is 13.1. The minimum Gasteiger partial charge on any atom is -0.496 e. The molecular weight excluding hydrogens is 231 g/mol. The van der Waals surface area contributed by atoms with E-state index in [9.17, 15) is 4.39 Å². The van der Waals surface area contributed by atoms with Crippen LogP contribution in [0.2, 0.25) is 0 Å². The number of aromatic nitrogens is 1. The van der Waals surface area contributed by atoms with Gasteiger partial charge < -0.3 is 10.5 Å². The summed E-state index contributed by atoms with van der Waals surface area (Å²) >= 11 is 0. The topological polar surface area (TPSA) is 48.1 Å². The summed E-state index contributed by atoms with van der Waals surface area (Å²) in [4.78, 5) is 4.17. The van der Waals surface area contributed by atoms with Crippen LogP contribution in [0.3, 0.4) is 0 Å². The number of hydrogen-bond acceptors (Lipinski definition) is 3. The second kappa shape index (κ2) is 5.14. The normalized spacial score (nSPS) is 12.2. The number of benzene rings is 1. The van der Waals surface area contributed by atoms with E-state index < -0.39 is 6.04 Å². The lowest BCUT2D eigenvalue weighted by molar-refractivity contribution is 0.402. The molecule has 0 bridgehead atoms. The third-order valence-corrected chi connectivity index (χ3v) is 2.84. The summed E-state index contributed by atoms with van der Waals surface area (Å²) in [5.41, 5.74) is 8.08. The van der Waals surface area contributed by atoms with Gasteiger partial charge >= 0.3 is 0 Å². The highest BCUT2D eigenvalue weighted by atomic mass is 19.1. The minimum atomic E-state index is -0.589. The average Bonchev–Trinajstić information content (AvgIpc) is 2.38. The molecule has 0 saturated carbocycles. The molecule has 4 heteroatoms. The van der Waals surface area contributed by atoms with Crippen LogP contribution in [0.1, 0.15) is 22.9 Å². The average molecular weight is 246 g/mol. The van der Waals surface area contributed by atoms with Crippen molar-refractivity contribution < 1.29 is 9.13 Å². The van der Waals surface area contributed by atoms with Crippen molar-refractivity contribution in [2.24, 2.45) is 5.73 Å². The fourth-order valence-corrected chi connectivity index (χ4v) is 1.83. The van der Waals surface area contributed by atoms with Crippen molar-refractivity contribution in [3.63, 3.8) is 0 Å². The summed E-state index contributed by atoms with van der Waals surface area (Å²) < 4.78 is 19.0. The van der Waals surface area contributed by atoms with Crippen molar-refractivity contribution in [1.29, 1.82) is 0 Å². The molecule has 2 N–H and O–H groups in total. The molecule has 1 atom stereocenters. The highest BCUT2D eigenvalue weighted by molar-refractivity contribution is 5.41. The third kappa shape index (κ3) is 2.33. The van der Waals surface area contributed by atoms with Gasteiger partial charge in [0.15, 0.2) is 0 Å². The van der Waals surface area contributed by atoms with E-state index in [4.69, 9.17) is 10.5 Å². The number of ether oxygens (including phenoxy) is 1. The molecule has 2 rings (SSSR count). The zero-order valence-corrected chi connectivity index (χ0v) is 10.4. The van der Waals surface area contributed by atoms with Crippen molar-refractivity contribution in [3.8, 4) is 5.75 Å². The van der Waals surface area contributed by atoms with Crippen LogP contribution < -0.4 is 10.5 Å². The smallest absolute Gasteiger partial charge is 0.132 e. The van der Waals surface area contributed by atoms with Crippen LogP contribution in [-0.2, 0) is 0 Å². The molecule has 1 aromatic carbocycles. The molecule has 0 aliphatic rings. The van der Waals surface area contributed by atoms with Crippen molar-refractivity contribution in [3.05, 3.63) is 59.2 Å². The van der Waals surface area contributed by atoms with E-state index in [0.717, 1.165) is 11.3 Å². The highest BCUT2D eigenvalue weighted by Crippen LogP contribution is 2.30. The molecule has 0 aliphatic heterocycles. The maximum atomic E-state index is 13.9. The maximum Gasteiger partial charge on any atom is 0.132 e. The predicted octanol–water partition coefficient (Wildman–Crippen LogP) is 2.59. The summed E-state index contributed by atoms with van der Waals surface area (Å²) in [5.74, 6) is 0.0745. The molecule has 0 spiro atoms. The summed E-state index contributed by atoms with van der Waals surface area (Å²) in [6, 6.07) is 7.77. The first kappa shape index (κ1) is 12.5.